The minimum absolute atomic E-state index is 0.546. The molecule has 0 rings (SSSR count). The molecule has 0 saturated heterocycles. The van der Waals surface area contributed by atoms with Gasteiger partial charge in [0.1, 0.15) is 5.70 Å². The minimum atomic E-state index is -1.38. The maximum absolute atomic E-state index is 11.0. The van der Waals surface area contributed by atoms with Gasteiger partial charge in [0.25, 0.3) is 0 Å². The number of carbonyl (C=O) groups is 2. The van der Waals surface area contributed by atoms with E-state index in [0.717, 1.165) is 0 Å². The molecule has 0 heterocycles. The van der Waals surface area contributed by atoms with Gasteiger partial charge in [-0.15, -0.1) is 0 Å². The summed E-state index contributed by atoms with van der Waals surface area (Å²) in [7, 11) is 0. The molecule has 0 spiro atoms. The van der Waals surface area contributed by atoms with E-state index in [1.807, 2.05) is 0 Å². The molecule has 3 N–H and O–H groups in total. The average molecular weight is 148 g/mol. The number of rotatable bonds is 2. The van der Waals surface area contributed by atoms with Crippen LogP contribution in [0.3, 0.4) is 0 Å². The predicted molar refractivity (Wildman–Crippen MR) is 29.1 cm³/mol. The first-order valence-electron chi connectivity index (χ1n) is 2.16. The van der Waals surface area contributed by atoms with E-state index in [1.54, 1.807) is 5.32 Å². The van der Waals surface area contributed by atoms with Crippen LogP contribution in [0.4, 0.5) is 9.32 Å². The fourth-order valence-electron chi connectivity index (χ4n) is 0.246. The molecule has 0 bridgehead atoms. The Labute approximate surface area is 55.5 Å². The smallest absolute Gasteiger partial charge is 0.351 e. The summed E-state index contributed by atoms with van der Waals surface area (Å²) in [6.45, 7) is 2.94. The Morgan fingerprint density at radius 1 is 1.60 bits per heavy atom. The number of halogens is 1. The Bertz CT molecular complexity index is 179. The second-order valence-electron chi connectivity index (χ2n) is 1.33. The number of hydrogen-bond acceptors (Lipinski definition) is 3. The largest absolute Gasteiger partial charge is 0.395 e. The Morgan fingerprint density at radius 2 is 2.10 bits per heavy atom. The molecule has 2 amide bonds. The van der Waals surface area contributed by atoms with Crippen molar-refractivity contribution in [1.82, 2.24) is 5.32 Å². The molecule has 0 atom stereocenters. The SMILES string of the molecule is C=C(NC(N)=O)C(=O)OF. The van der Waals surface area contributed by atoms with Crippen LogP contribution in [0.1, 0.15) is 0 Å². The molecule has 0 saturated carbocycles. The van der Waals surface area contributed by atoms with Gasteiger partial charge in [0.15, 0.2) is 0 Å². The maximum Gasteiger partial charge on any atom is 0.395 e. The van der Waals surface area contributed by atoms with Crippen molar-refractivity contribution in [3.63, 3.8) is 0 Å². The average Bonchev–Trinajstić information content (AvgIpc) is 1.85. The Balaban J connectivity index is 3.86. The monoisotopic (exact) mass is 148 g/mol. The normalized spacial score (nSPS) is 8.10. The van der Waals surface area contributed by atoms with Crippen LogP contribution < -0.4 is 11.1 Å². The van der Waals surface area contributed by atoms with Crippen LogP contribution in [-0.4, -0.2) is 12.0 Å². The molecule has 0 aromatic carbocycles. The van der Waals surface area contributed by atoms with Crippen LogP contribution in [0.5, 0.6) is 0 Å². The molecule has 6 heteroatoms. The molecule has 5 nitrogen and oxygen atoms in total. The zero-order valence-corrected chi connectivity index (χ0v) is 4.89. The van der Waals surface area contributed by atoms with E-state index in [9.17, 15) is 14.1 Å². The van der Waals surface area contributed by atoms with Crippen LogP contribution in [0.2, 0.25) is 0 Å². The van der Waals surface area contributed by atoms with Gasteiger partial charge in [-0.25, -0.2) is 14.5 Å². The number of hydrogen-bond donors (Lipinski definition) is 2. The molecule has 0 aliphatic heterocycles. The van der Waals surface area contributed by atoms with Crippen LogP contribution >= 0.6 is 0 Å². The molecule has 10 heavy (non-hydrogen) atoms. The highest BCUT2D eigenvalue weighted by atomic mass is 19.3. The van der Waals surface area contributed by atoms with Gasteiger partial charge in [0.2, 0.25) is 0 Å². The highest BCUT2D eigenvalue weighted by Gasteiger charge is 2.09. The van der Waals surface area contributed by atoms with E-state index in [0.29, 0.717) is 0 Å². The van der Waals surface area contributed by atoms with Crippen LogP contribution in [-0.2, 0) is 9.74 Å². The summed E-state index contributed by atoms with van der Waals surface area (Å²) in [4.78, 5) is 22.7. The summed E-state index contributed by atoms with van der Waals surface area (Å²) >= 11 is 0. The van der Waals surface area contributed by atoms with Crippen LogP contribution in [0.25, 0.3) is 0 Å². The van der Waals surface area contributed by atoms with E-state index in [1.165, 1.54) is 0 Å². The number of urea groups is 1. The lowest BCUT2D eigenvalue weighted by Crippen LogP contribution is -2.31. The van der Waals surface area contributed by atoms with Crippen molar-refractivity contribution in [1.29, 1.82) is 0 Å². The van der Waals surface area contributed by atoms with Crippen molar-refractivity contribution in [3.8, 4) is 0 Å². The quantitative estimate of drug-likeness (QED) is 0.522. The lowest BCUT2D eigenvalue weighted by molar-refractivity contribution is -0.178. The topological polar surface area (TPSA) is 81.4 Å². The Kier molecular flexibility index (Phi) is 2.89. The molecule has 0 unspecified atom stereocenters. The van der Waals surface area contributed by atoms with Gasteiger partial charge in [-0.05, 0) is 0 Å². The molecule has 0 aromatic heterocycles. The van der Waals surface area contributed by atoms with Crippen molar-refractivity contribution in [3.05, 3.63) is 12.3 Å². The molecule has 0 aliphatic carbocycles. The van der Waals surface area contributed by atoms with Crippen molar-refractivity contribution in [2.24, 2.45) is 5.73 Å². The minimum Gasteiger partial charge on any atom is -0.351 e. The van der Waals surface area contributed by atoms with Crippen molar-refractivity contribution >= 4 is 12.0 Å². The molecule has 0 aromatic rings. The first-order chi connectivity index (χ1) is 4.57. The first kappa shape index (κ1) is 8.41. The fourth-order valence-corrected chi connectivity index (χ4v) is 0.246. The third-order valence-electron chi connectivity index (χ3n) is 0.591. The van der Waals surface area contributed by atoms with Gasteiger partial charge in [0, 0.05) is 4.53 Å². The second-order valence-corrected chi connectivity index (χ2v) is 1.33. The standard InChI is InChI=1S/C4H5FN2O3/c1-2(3(8)10-5)7-4(6)9/h1H2,(H3,6,7,9). The van der Waals surface area contributed by atoms with Crippen LogP contribution in [0, 0.1) is 0 Å². The summed E-state index contributed by atoms with van der Waals surface area (Å²) < 4.78 is 11.0. The number of primary amides is 1. The summed E-state index contributed by atoms with van der Waals surface area (Å²) in [5, 5.41) is 1.72. The molecule has 0 fully saturated rings. The van der Waals surface area contributed by atoms with E-state index in [2.05, 4.69) is 17.3 Å². The lowest BCUT2D eigenvalue weighted by Gasteiger charge is -1.97. The predicted octanol–water partition coefficient (Wildman–Crippen LogP) is -0.404. The van der Waals surface area contributed by atoms with E-state index in [4.69, 9.17) is 0 Å². The van der Waals surface area contributed by atoms with Gasteiger partial charge in [-0.3, -0.25) is 0 Å². The molecular formula is C4H5FN2O3. The fraction of sp³-hybridized carbons (Fsp3) is 0. The van der Waals surface area contributed by atoms with E-state index < -0.39 is 17.7 Å². The van der Waals surface area contributed by atoms with Gasteiger partial charge in [-0.1, -0.05) is 6.58 Å². The van der Waals surface area contributed by atoms with Crippen molar-refractivity contribution < 1.29 is 19.1 Å². The lowest BCUT2D eigenvalue weighted by atomic mass is 10.5. The summed E-state index contributed by atoms with van der Waals surface area (Å²) in [6, 6.07) is -1.00. The highest BCUT2D eigenvalue weighted by Crippen LogP contribution is 1.88. The number of nitrogens with one attached hydrogen (secondary N) is 1. The Hall–Kier alpha value is -1.59. The zero-order chi connectivity index (χ0) is 8.15. The first-order valence-corrected chi connectivity index (χ1v) is 2.16. The van der Waals surface area contributed by atoms with E-state index in [-0.39, 0.29) is 0 Å². The third kappa shape index (κ3) is 2.65. The molecule has 0 aliphatic rings. The number of amides is 2. The van der Waals surface area contributed by atoms with Crippen molar-refractivity contribution in [2.45, 2.75) is 0 Å². The summed E-state index contributed by atoms with van der Waals surface area (Å²) in [5.74, 6) is -1.38. The highest BCUT2D eigenvalue weighted by molar-refractivity contribution is 5.91. The Morgan fingerprint density at radius 3 is 2.40 bits per heavy atom. The van der Waals surface area contributed by atoms with Crippen LogP contribution in [0.15, 0.2) is 12.3 Å². The van der Waals surface area contributed by atoms with Gasteiger partial charge >= 0.3 is 12.0 Å². The number of carbonyl (C=O) groups excluding carboxylic acids is 2. The number of nitrogens with two attached hydrogens (primary N) is 1. The third-order valence-corrected chi connectivity index (χ3v) is 0.591. The second kappa shape index (κ2) is 3.44. The zero-order valence-electron chi connectivity index (χ0n) is 4.89. The van der Waals surface area contributed by atoms with Gasteiger partial charge in [0.05, 0.1) is 0 Å². The van der Waals surface area contributed by atoms with Gasteiger partial charge in [-0.2, -0.15) is 0 Å². The molecule has 0 radical (unpaired) electrons. The van der Waals surface area contributed by atoms with Crippen molar-refractivity contribution in [2.75, 3.05) is 0 Å². The summed E-state index contributed by atoms with van der Waals surface area (Å²) in [5.41, 5.74) is 4.00. The maximum atomic E-state index is 11.0. The van der Waals surface area contributed by atoms with E-state index >= 15 is 0 Å². The molecular weight excluding hydrogens is 143 g/mol. The van der Waals surface area contributed by atoms with Gasteiger partial charge < -0.3 is 11.1 Å². The summed E-state index contributed by atoms with van der Waals surface area (Å²) in [6.07, 6.45) is 0. The molecule has 56 valence electrons.